The first-order valence-electron chi connectivity index (χ1n) is 7.67. The Balaban J connectivity index is 1.79. The van der Waals surface area contributed by atoms with Crippen LogP contribution in [0.4, 0.5) is 0 Å². The molecule has 1 fully saturated rings. The van der Waals surface area contributed by atoms with Gasteiger partial charge in [0.05, 0.1) is 19.4 Å². The first-order chi connectivity index (χ1) is 9.65. The molecule has 1 aromatic rings. The number of hydrogen-bond acceptors (Lipinski definition) is 4. The van der Waals surface area contributed by atoms with Crippen molar-refractivity contribution in [3.8, 4) is 0 Å². The van der Waals surface area contributed by atoms with Crippen LogP contribution in [-0.2, 0) is 24.4 Å². The molecule has 0 spiro atoms. The second-order valence-corrected chi connectivity index (χ2v) is 6.43. The molecule has 1 aromatic heterocycles. The predicted molar refractivity (Wildman–Crippen MR) is 80.2 cm³/mol. The lowest BCUT2D eigenvalue weighted by Crippen LogP contribution is -2.47. The summed E-state index contributed by atoms with van der Waals surface area (Å²) in [6, 6.07) is 0.426. The fourth-order valence-electron chi connectivity index (χ4n) is 3.06. The average Bonchev–Trinajstić information content (AvgIpc) is 2.62. The van der Waals surface area contributed by atoms with E-state index in [1.54, 1.807) is 0 Å². The minimum absolute atomic E-state index is 0.292. The van der Waals surface area contributed by atoms with Crippen LogP contribution in [0.2, 0.25) is 0 Å². The van der Waals surface area contributed by atoms with E-state index in [1.165, 1.54) is 25.1 Å². The van der Waals surface area contributed by atoms with E-state index in [0.717, 1.165) is 37.6 Å². The normalized spacial score (nSPS) is 28.1. The SMILES string of the molecule is C[C@@H]1CN(Cn2nc3n(c2=S)CCCCC3)[C@H](C)CO1. The molecule has 1 saturated heterocycles. The Hall–Kier alpha value is -0.720. The zero-order valence-corrected chi connectivity index (χ0v) is 13.2. The van der Waals surface area contributed by atoms with Gasteiger partial charge in [-0.05, 0) is 38.9 Å². The van der Waals surface area contributed by atoms with Gasteiger partial charge >= 0.3 is 0 Å². The van der Waals surface area contributed by atoms with Crippen LogP contribution < -0.4 is 0 Å². The minimum Gasteiger partial charge on any atom is -0.376 e. The lowest BCUT2D eigenvalue weighted by atomic mass is 10.2. The summed E-state index contributed by atoms with van der Waals surface area (Å²) >= 11 is 5.61. The molecule has 112 valence electrons. The monoisotopic (exact) mass is 296 g/mol. The quantitative estimate of drug-likeness (QED) is 0.784. The Labute approximate surface area is 125 Å². The van der Waals surface area contributed by atoms with Gasteiger partial charge in [0.1, 0.15) is 5.82 Å². The van der Waals surface area contributed by atoms with E-state index in [1.807, 2.05) is 4.68 Å². The van der Waals surface area contributed by atoms with E-state index in [4.69, 9.17) is 22.1 Å². The summed E-state index contributed by atoms with van der Waals surface area (Å²) in [5.41, 5.74) is 0. The van der Waals surface area contributed by atoms with Gasteiger partial charge in [-0.1, -0.05) is 6.42 Å². The third-order valence-electron chi connectivity index (χ3n) is 4.33. The third kappa shape index (κ3) is 2.82. The van der Waals surface area contributed by atoms with Gasteiger partial charge in [0, 0.05) is 25.6 Å². The van der Waals surface area contributed by atoms with Gasteiger partial charge in [-0.2, -0.15) is 5.10 Å². The van der Waals surface area contributed by atoms with E-state index in [9.17, 15) is 0 Å². The molecule has 2 atom stereocenters. The minimum atomic E-state index is 0.292. The molecule has 0 unspecified atom stereocenters. The molecule has 3 rings (SSSR count). The molecule has 0 bridgehead atoms. The Bertz CT molecular complexity index is 524. The lowest BCUT2D eigenvalue weighted by molar-refractivity contribution is -0.0625. The van der Waals surface area contributed by atoms with E-state index < -0.39 is 0 Å². The molecule has 0 aliphatic carbocycles. The van der Waals surface area contributed by atoms with Gasteiger partial charge in [0.2, 0.25) is 0 Å². The standard InChI is InChI=1S/C14H24N4OS/c1-11-9-19-12(2)8-16(11)10-18-14(20)17-7-5-3-4-6-13(17)15-18/h11-12H,3-10H2,1-2H3/t11-,12-/m1/s1. The highest BCUT2D eigenvalue weighted by atomic mass is 32.1. The van der Waals surface area contributed by atoms with Gasteiger partial charge in [-0.15, -0.1) is 0 Å². The largest absolute Gasteiger partial charge is 0.376 e. The highest BCUT2D eigenvalue weighted by Gasteiger charge is 2.24. The topological polar surface area (TPSA) is 35.2 Å². The molecule has 3 heterocycles. The summed E-state index contributed by atoms with van der Waals surface area (Å²) in [5.74, 6) is 1.17. The highest BCUT2D eigenvalue weighted by Crippen LogP contribution is 2.16. The molecule has 5 nitrogen and oxygen atoms in total. The fraction of sp³-hybridized carbons (Fsp3) is 0.857. The highest BCUT2D eigenvalue weighted by molar-refractivity contribution is 7.71. The maximum absolute atomic E-state index is 5.68. The summed E-state index contributed by atoms with van der Waals surface area (Å²) in [5, 5.41) is 4.76. The average molecular weight is 296 g/mol. The van der Waals surface area contributed by atoms with E-state index in [0.29, 0.717) is 12.1 Å². The third-order valence-corrected chi connectivity index (χ3v) is 4.77. The molecule has 0 N–H and O–H groups in total. The van der Waals surface area contributed by atoms with E-state index in [2.05, 4.69) is 23.3 Å². The number of rotatable bonds is 2. The predicted octanol–water partition coefficient (Wildman–Crippen LogP) is 2.21. The zero-order chi connectivity index (χ0) is 14.1. The molecular formula is C14H24N4OS. The summed E-state index contributed by atoms with van der Waals surface area (Å²) < 4.78 is 10.8. The zero-order valence-electron chi connectivity index (χ0n) is 12.4. The van der Waals surface area contributed by atoms with Crippen molar-refractivity contribution in [3.05, 3.63) is 10.6 Å². The molecule has 6 heteroatoms. The molecule has 20 heavy (non-hydrogen) atoms. The van der Waals surface area contributed by atoms with Crippen molar-refractivity contribution in [3.63, 3.8) is 0 Å². The number of ether oxygens (including phenoxy) is 1. The molecule has 0 aromatic carbocycles. The molecule has 0 amide bonds. The van der Waals surface area contributed by atoms with Gasteiger partial charge in [-0.3, -0.25) is 4.90 Å². The van der Waals surface area contributed by atoms with Crippen LogP contribution in [0.15, 0.2) is 0 Å². The number of aryl methyl sites for hydroxylation is 1. The fourth-order valence-corrected chi connectivity index (χ4v) is 3.35. The van der Waals surface area contributed by atoms with Gasteiger partial charge in [0.25, 0.3) is 0 Å². The van der Waals surface area contributed by atoms with Crippen molar-refractivity contribution >= 4 is 12.2 Å². The lowest BCUT2D eigenvalue weighted by Gasteiger charge is -2.36. The van der Waals surface area contributed by atoms with E-state index in [-0.39, 0.29) is 0 Å². The second kappa shape index (κ2) is 5.95. The maximum atomic E-state index is 5.68. The number of morpholine rings is 1. The van der Waals surface area contributed by atoms with Crippen molar-refractivity contribution < 1.29 is 4.74 Å². The molecular weight excluding hydrogens is 272 g/mol. The number of fused-ring (bicyclic) bond motifs is 1. The maximum Gasteiger partial charge on any atom is 0.199 e. The van der Waals surface area contributed by atoms with Gasteiger partial charge < -0.3 is 9.30 Å². The Morgan fingerprint density at radius 3 is 3.00 bits per heavy atom. The Kier molecular flexibility index (Phi) is 4.23. The summed E-state index contributed by atoms with van der Waals surface area (Å²) in [4.78, 5) is 2.41. The Morgan fingerprint density at radius 2 is 2.15 bits per heavy atom. The van der Waals surface area contributed by atoms with Crippen molar-refractivity contribution in [2.75, 3.05) is 13.2 Å². The molecule has 0 saturated carbocycles. The van der Waals surface area contributed by atoms with Crippen LogP contribution in [0, 0.1) is 4.77 Å². The first-order valence-corrected chi connectivity index (χ1v) is 8.08. The smallest absolute Gasteiger partial charge is 0.199 e. The summed E-state index contributed by atoms with van der Waals surface area (Å²) in [6.07, 6.45) is 5.09. The van der Waals surface area contributed by atoms with Crippen molar-refractivity contribution in [1.29, 1.82) is 0 Å². The number of aromatic nitrogens is 3. The summed E-state index contributed by atoms with van der Waals surface area (Å²) in [6.45, 7) is 7.89. The van der Waals surface area contributed by atoms with Crippen LogP contribution in [-0.4, -0.2) is 44.5 Å². The van der Waals surface area contributed by atoms with Crippen LogP contribution >= 0.6 is 12.2 Å². The van der Waals surface area contributed by atoms with Crippen molar-refractivity contribution in [1.82, 2.24) is 19.2 Å². The van der Waals surface area contributed by atoms with Crippen molar-refractivity contribution in [2.24, 2.45) is 0 Å². The number of nitrogens with zero attached hydrogens (tertiary/aromatic N) is 4. The second-order valence-electron chi connectivity index (χ2n) is 6.07. The van der Waals surface area contributed by atoms with Crippen molar-refractivity contribution in [2.45, 2.75) is 64.9 Å². The van der Waals surface area contributed by atoms with Gasteiger partial charge in [0.15, 0.2) is 4.77 Å². The molecule has 2 aliphatic rings. The van der Waals surface area contributed by atoms with Crippen LogP contribution in [0.3, 0.4) is 0 Å². The Morgan fingerprint density at radius 1 is 1.30 bits per heavy atom. The van der Waals surface area contributed by atoms with Gasteiger partial charge in [-0.25, -0.2) is 4.68 Å². The van der Waals surface area contributed by atoms with Crippen LogP contribution in [0.5, 0.6) is 0 Å². The van der Waals surface area contributed by atoms with Crippen LogP contribution in [0.25, 0.3) is 0 Å². The molecule has 2 aliphatic heterocycles. The number of hydrogen-bond donors (Lipinski definition) is 0. The summed E-state index contributed by atoms with van der Waals surface area (Å²) in [7, 11) is 0. The first kappa shape index (κ1) is 14.2. The van der Waals surface area contributed by atoms with Crippen LogP contribution in [0.1, 0.15) is 38.9 Å². The van der Waals surface area contributed by atoms with E-state index >= 15 is 0 Å². The molecule has 0 radical (unpaired) electrons.